The van der Waals surface area contributed by atoms with Crippen LogP contribution in [-0.2, 0) is 9.59 Å². The fraction of sp³-hybridized carbons (Fsp3) is 0.500. The van der Waals surface area contributed by atoms with Crippen molar-refractivity contribution in [3.8, 4) is 0 Å². The van der Waals surface area contributed by atoms with Gasteiger partial charge in [-0.2, -0.15) is 0 Å². The van der Waals surface area contributed by atoms with Gasteiger partial charge in [0.2, 0.25) is 11.8 Å². The molecule has 0 saturated carbocycles. The molecule has 2 N–H and O–H groups in total. The van der Waals surface area contributed by atoms with Crippen LogP contribution in [0.2, 0.25) is 0 Å². The molecule has 0 spiro atoms. The molecule has 0 fully saturated rings. The van der Waals surface area contributed by atoms with Crippen LogP contribution < -0.4 is 10.6 Å². The van der Waals surface area contributed by atoms with E-state index in [0.717, 1.165) is 4.90 Å². The zero-order valence-electron chi connectivity index (χ0n) is 13.4. The molecule has 0 saturated heterocycles. The third-order valence-corrected chi connectivity index (χ3v) is 3.80. The zero-order valence-corrected chi connectivity index (χ0v) is 14.2. The number of amides is 2. The highest BCUT2D eigenvalue weighted by Gasteiger charge is 2.14. The first kappa shape index (κ1) is 17.6. The van der Waals surface area contributed by atoms with E-state index >= 15 is 0 Å². The Labute approximate surface area is 131 Å². The van der Waals surface area contributed by atoms with E-state index in [1.807, 2.05) is 32.9 Å². The summed E-state index contributed by atoms with van der Waals surface area (Å²) in [7, 11) is 0. The highest BCUT2D eigenvalue weighted by molar-refractivity contribution is 8.00. The molecule has 0 aliphatic rings. The minimum absolute atomic E-state index is 0.0174. The number of nitrogens with one attached hydrogen (secondary N) is 2. The van der Waals surface area contributed by atoms with Gasteiger partial charge in [-0.1, -0.05) is 6.07 Å². The van der Waals surface area contributed by atoms with E-state index in [1.165, 1.54) is 22.9 Å². The van der Waals surface area contributed by atoms with Crippen LogP contribution in [-0.4, -0.2) is 29.7 Å². The van der Waals surface area contributed by atoms with E-state index in [0.29, 0.717) is 5.75 Å². The molecule has 0 bridgehead atoms. The number of carbonyl (C=O) groups excluding carboxylic acids is 2. The number of hydrogen-bond acceptors (Lipinski definition) is 3. The lowest BCUT2D eigenvalue weighted by molar-refractivity contribution is -0.125. The van der Waals surface area contributed by atoms with Crippen LogP contribution in [0.4, 0.5) is 0 Å². The Morgan fingerprint density at radius 1 is 1.10 bits per heavy atom. The van der Waals surface area contributed by atoms with Crippen molar-refractivity contribution in [3.63, 3.8) is 0 Å². The van der Waals surface area contributed by atoms with Gasteiger partial charge in [-0.05, 0) is 57.9 Å². The van der Waals surface area contributed by atoms with Crippen LogP contribution in [0.1, 0.15) is 31.9 Å². The molecular weight excluding hydrogens is 284 g/mol. The Bertz CT molecular complexity index is 521. The average molecular weight is 308 g/mol. The van der Waals surface area contributed by atoms with Gasteiger partial charge in [0.15, 0.2) is 0 Å². The Kier molecular flexibility index (Phi) is 6.27. The zero-order chi connectivity index (χ0) is 16.0. The van der Waals surface area contributed by atoms with Crippen molar-refractivity contribution in [2.45, 2.75) is 45.1 Å². The summed E-state index contributed by atoms with van der Waals surface area (Å²) in [6.45, 7) is 9.84. The Balaban J connectivity index is 2.34. The van der Waals surface area contributed by atoms with Crippen molar-refractivity contribution >= 4 is 23.6 Å². The van der Waals surface area contributed by atoms with Crippen molar-refractivity contribution in [2.24, 2.45) is 0 Å². The maximum atomic E-state index is 11.7. The van der Waals surface area contributed by atoms with Crippen molar-refractivity contribution in [3.05, 3.63) is 29.3 Å². The highest BCUT2D eigenvalue weighted by atomic mass is 32.2. The van der Waals surface area contributed by atoms with Crippen LogP contribution in [0.25, 0.3) is 0 Å². The van der Waals surface area contributed by atoms with E-state index in [1.54, 1.807) is 0 Å². The SMILES string of the molecule is Cc1ccc(SCC(=O)NCC(=O)NC(C)(C)C)cc1C. The van der Waals surface area contributed by atoms with Gasteiger partial charge in [-0.25, -0.2) is 0 Å². The fourth-order valence-corrected chi connectivity index (χ4v) is 2.47. The van der Waals surface area contributed by atoms with Crippen molar-refractivity contribution < 1.29 is 9.59 Å². The molecule has 21 heavy (non-hydrogen) atoms. The molecule has 5 heteroatoms. The van der Waals surface area contributed by atoms with E-state index in [9.17, 15) is 9.59 Å². The molecule has 116 valence electrons. The second kappa shape index (κ2) is 7.50. The van der Waals surface area contributed by atoms with Crippen LogP contribution >= 0.6 is 11.8 Å². The topological polar surface area (TPSA) is 58.2 Å². The first-order valence-corrected chi connectivity index (χ1v) is 7.94. The van der Waals surface area contributed by atoms with Crippen LogP contribution in [0.15, 0.2) is 23.1 Å². The molecule has 0 aliphatic carbocycles. The quantitative estimate of drug-likeness (QED) is 0.821. The average Bonchev–Trinajstić information content (AvgIpc) is 2.36. The Morgan fingerprint density at radius 3 is 2.33 bits per heavy atom. The second-order valence-corrected chi connectivity index (χ2v) is 7.16. The summed E-state index contributed by atoms with van der Waals surface area (Å²) in [5.74, 6) is -0.00000473. The standard InChI is InChI=1S/C16H24N2O2S/c1-11-6-7-13(8-12(11)2)21-10-15(20)17-9-14(19)18-16(3,4)5/h6-8H,9-10H2,1-5H3,(H,17,20)(H,18,19). The number of benzene rings is 1. The third kappa shape index (κ3) is 7.18. The monoisotopic (exact) mass is 308 g/mol. The molecule has 4 nitrogen and oxygen atoms in total. The number of aryl methyl sites for hydroxylation is 2. The number of thioether (sulfide) groups is 1. The molecule has 0 aliphatic heterocycles. The van der Waals surface area contributed by atoms with Crippen LogP contribution in [0.5, 0.6) is 0 Å². The maximum Gasteiger partial charge on any atom is 0.239 e. The van der Waals surface area contributed by atoms with Crippen molar-refractivity contribution in [2.75, 3.05) is 12.3 Å². The molecule has 0 aromatic heterocycles. The lowest BCUT2D eigenvalue weighted by atomic mass is 10.1. The molecule has 2 amide bonds. The smallest absolute Gasteiger partial charge is 0.239 e. The van der Waals surface area contributed by atoms with Gasteiger partial charge in [0.25, 0.3) is 0 Å². The normalized spacial score (nSPS) is 11.1. The molecule has 1 aromatic carbocycles. The second-order valence-electron chi connectivity index (χ2n) is 6.11. The molecule has 0 atom stereocenters. The minimum Gasteiger partial charge on any atom is -0.350 e. The molecule has 0 unspecified atom stereocenters. The van der Waals surface area contributed by atoms with Gasteiger partial charge in [0.1, 0.15) is 0 Å². The first-order valence-electron chi connectivity index (χ1n) is 6.95. The van der Waals surface area contributed by atoms with E-state index in [4.69, 9.17) is 0 Å². The molecule has 1 aromatic rings. The fourth-order valence-electron chi connectivity index (χ4n) is 1.64. The summed E-state index contributed by atoms with van der Waals surface area (Å²) in [5.41, 5.74) is 2.17. The molecule has 1 rings (SSSR count). The summed E-state index contributed by atoms with van der Waals surface area (Å²) in [4.78, 5) is 24.4. The molecule has 0 heterocycles. The summed E-state index contributed by atoms with van der Waals surface area (Å²) in [6, 6.07) is 6.12. The lowest BCUT2D eigenvalue weighted by Crippen LogP contribution is -2.46. The largest absolute Gasteiger partial charge is 0.350 e. The number of rotatable bonds is 5. The summed E-state index contributed by atoms with van der Waals surface area (Å²) >= 11 is 1.47. The highest BCUT2D eigenvalue weighted by Crippen LogP contribution is 2.20. The van der Waals surface area contributed by atoms with Crippen LogP contribution in [0.3, 0.4) is 0 Å². The Hall–Kier alpha value is -1.49. The van der Waals surface area contributed by atoms with Gasteiger partial charge in [-0.15, -0.1) is 11.8 Å². The molecular formula is C16H24N2O2S. The van der Waals surface area contributed by atoms with Crippen molar-refractivity contribution in [1.82, 2.24) is 10.6 Å². The number of carbonyl (C=O) groups is 2. The van der Waals surface area contributed by atoms with Gasteiger partial charge in [0.05, 0.1) is 12.3 Å². The summed E-state index contributed by atoms with van der Waals surface area (Å²) in [5, 5.41) is 5.43. The van der Waals surface area contributed by atoms with Crippen LogP contribution in [0, 0.1) is 13.8 Å². The predicted octanol–water partition coefficient (Wildman–Crippen LogP) is 2.43. The number of hydrogen-bond donors (Lipinski definition) is 2. The van der Waals surface area contributed by atoms with Gasteiger partial charge in [0, 0.05) is 10.4 Å². The van der Waals surface area contributed by atoms with Gasteiger partial charge in [-0.3, -0.25) is 9.59 Å². The van der Waals surface area contributed by atoms with Gasteiger partial charge < -0.3 is 10.6 Å². The van der Waals surface area contributed by atoms with Crippen molar-refractivity contribution in [1.29, 1.82) is 0 Å². The summed E-state index contributed by atoms with van der Waals surface area (Å²) in [6.07, 6.45) is 0. The molecule has 0 radical (unpaired) electrons. The van der Waals surface area contributed by atoms with Gasteiger partial charge >= 0.3 is 0 Å². The van der Waals surface area contributed by atoms with E-state index in [2.05, 4.69) is 30.5 Å². The predicted molar refractivity (Wildman–Crippen MR) is 87.5 cm³/mol. The minimum atomic E-state index is -0.282. The lowest BCUT2D eigenvalue weighted by Gasteiger charge is -2.20. The third-order valence-electron chi connectivity index (χ3n) is 2.81. The summed E-state index contributed by atoms with van der Waals surface area (Å²) < 4.78 is 0. The van der Waals surface area contributed by atoms with E-state index < -0.39 is 0 Å². The first-order chi connectivity index (χ1) is 9.67. The maximum absolute atomic E-state index is 11.7. The Morgan fingerprint density at radius 2 is 1.76 bits per heavy atom. The van der Waals surface area contributed by atoms with E-state index in [-0.39, 0.29) is 23.9 Å².